The Bertz CT molecular complexity index is 687. The Hall–Kier alpha value is -1.76. The monoisotopic (exact) mass is 343 g/mol. The quantitative estimate of drug-likeness (QED) is 0.920. The van der Waals surface area contributed by atoms with Gasteiger partial charge in [-0.25, -0.2) is 0 Å². The lowest BCUT2D eigenvalue weighted by atomic mass is 9.84. The van der Waals surface area contributed by atoms with Gasteiger partial charge >= 0.3 is 0 Å². The molecule has 0 radical (unpaired) electrons. The van der Waals surface area contributed by atoms with Crippen molar-refractivity contribution in [3.63, 3.8) is 0 Å². The fourth-order valence-corrected chi connectivity index (χ4v) is 3.74. The molecular formula is C19H25N3O3. The van der Waals surface area contributed by atoms with Crippen LogP contribution in [0.5, 0.6) is 0 Å². The molecule has 25 heavy (non-hydrogen) atoms. The Balaban J connectivity index is 1.33. The van der Waals surface area contributed by atoms with E-state index < -0.39 is 0 Å². The van der Waals surface area contributed by atoms with Gasteiger partial charge in [-0.1, -0.05) is 29.4 Å². The van der Waals surface area contributed by atoms with E-state index >= 15 is 0 Å². The van der Waals surface area contributed by atoms with Crippen LogP contribution in [-0.4, -0.2) is 41.6 Å². The van der Waals surface area contributed by atoms with E-state index in [0.717, 1.165) is 57.6 Å². The van der Waals surface area contributed by atoms with Crippen molar-refractivity contribution in [2.24, 2.45) is 0 Å². The van der Waals surface area contributed by atoms with Gasteiger partial charge in [0.15, 0.2) is 0 Å². The van der Waals surface area contributed by atoms with Crippen molar-refractivity contribution in [2.75, 3.05) is 19.8 Å². The molecule has 1 N–H and O–H groups in total. The highest BCUT2D eigenvalue weighted by Crippen LogP contribution is 2.34. The molecule has 0 amide bonds. The number of aryl methyl sites for hydroxylation is 1. The van der Waals surface area contributed by atoms with E-state index in [4.69, 9.17) is 14.0 Å². The van der Waals surface area contributed by atoms with Crippen LogP contribution in [-0.2, 0) is 16.0 Å². The number of benzene rings is 1. The minimum Gasteiger partial charge on any atom is -0.381 e. The van der Waals surface area contributed by atoms with E-state index in [1.54, 1.807) is 6.92 Å². The third kappa shape index (κ3) is 3.92. The van der Waals surface area contributed by atoms with E-state index in [-0.39, 0.29) is 5.60 Å². The zero-order valence-electron chi connectivity index (χ0n) is 14.7. The van der Waals surface area contributed by atoms with E-state index in [2.05, 4.69) is 27.6 Å². The summed E-state index contributed by atoms with van der Waals surface area (Å²) in [5.41, 5.74) is 2.28. The lowest BCUT2D eigenvalue weighted by Gasteiger charge is -2.43. The SMILES string of the molecule is Cc1nc(-c2ccc(CN[C@@H]3CCOC4(CCOCC4)C3)cc2)no1. The lowest BCUT2D eigenvalue weighted by molar-refractivity contribution is -0.140. The van der Waals surface area contributed by atoms with Crippen molar-refractivity contribution in [1.82, 2.24) is 15.5 Å². The minimum absolute atomic E-state index is 0.0362. The van der Waals surface area contributed by atoms with Gasteiger partial charge in [-0.05, 0) is 31.2 Å². The molecule has 1 spiro atoms. The van der Waals surface area contributed by atoms with Gasteiger partial charge in [0.2, 0.25) is 11.7 Å². The summed E-state index contributed by atoms with van der Waals surface area (Å²) in [7, 11) is 0. The number of ether oxygens (including phenoxy) is 2. The molecule has 1 aromatic carbocycles. The Morgan fingerprint density at radius 2 is 1.96 bits per heavy atom. The van der Waals surface area contributed by atoms with E-state index in [1.807, 2.05) is 12.1 Å². The van der Waals surface area contributed by atoms with Gasteiger partial charge in [-0.2, -0.15) is 4.98 Å². The summed E-state index contributed by atoms with van der Waals surface area (Å²) in [6.07, 6.45) is 4.19. The molecule has 0 aliphatic carbocycles. The summed E-state index contributed by atoms with van der Waals surface area (Å²) in [6.45, 7) is 5.15. The first-order valence-corrected chi connectivity index (χ1v) is 9.07. The smallest absolute Gasteiger partial charge is 0.223 e. The molecule has 0 bridgehead atoms. The highest BCUT2D eigenvalue weighted by Gasteiger charge is 2.38. The molecule has 4 rings (SSSR count). The van der Waals surface area contributed by atoms with Gasteiger partial charge in [0, 0.05) is 44.9 Å². The maximum atomic E-state index is 6.11. The van der Waals surface area contributed by atoms with E-state index in [0.29, 0.717) is 17.8 Å². The van der Waals surface area contributed by atoms with Crippen molar-refractivity contribution in [2.45, 2.75) is 50.8 Å². The van der Waals surface area contributed by atoms with Gasteiger partial charge in [-0.3, -0.25) is 0 Å². The normalized spacial score (nSPS) is 23.0. The summed E-state index contributed by atoms with van der Waals surface area (Å²) in [6, 6.07) is 8.84. The van der Waals surface area contributed by atoms with Crippen LogP contribution < -0.4 is 5.32 Å². The maximum Gasteiger partial charge on any atom is 0.223 e. The molecule has 2 fully saturated rings. The molecule has 6 heteroatoms. The number of hydrogen-bond donors (Lipinski definition) is 1. The molecule has 0 saturated carbocycles. The van der Waals surface area contributed by atoms with Gasteiger partial charge in [-0.15, -0.1) is 0 Å². The second-order valence-electron chi connectivity index (χ2n) is 7.05. The molecule has 134 valence electrons. The predicted octanol–water partition coefficient (Wildman–Crippen LogP) is 2.86. The van der Waals surface area contributed by atoms with Crippen LogP contribution in [0.4, 0.5) is 0 Å². The number of rotatable bonds is 4. The van der Waals surface area contributed by atoms with Crippen molar-refractivity contribution < 1.29 is 14.0 Å². The fraction of sp³-hybridized carbons (Fsp3) is 0.579. The van der Waals surface area contributed by atoms with Gasteiger partial charge in [0.1, 0.15) is 0 Å². The lowest BCUT2D eigenvalue weighted by Crippen LogP contribution is -2.49. The predicted molar refractivity (Wildman–Crippen MR) is 93.1 cm³/mol. The van der Waals surface area contributed by atoms with Crippen molar-refractivity contribution in [3.8, 4) is 11.4 Å². The Morgan fingerprint density at radius 1 is 1.16 bits per heavy atom. The largest absolute Gasteiger partial charge is 0.381 e. The Kier molecular flexibility index (Phi) is 4.83. The zero-order valence-corrected chi connectivity index (χ0v) is 14.7. The molecule has 6 nitrogen and oxygen atoms in total. The summed E-state index contributed by atoms with van der Waals surface area (Å²) >= 11 is 0. The van der Waals surface area contributed by atoms with Gasteiger partial charge in [0.25, 0.3) is 0 Å². The Labute approximate surface area is 147 Å². The molecule has 3 heterocycles. The number of nitrogens with one attached hydrogen (secondary N) is 1. The van der Waals surface area contributed by atoms with Crippen LogP contribution in [0.3, 0.4) is 0 Å². The van der Waals surface area contributed by atoms with E-state index in [1.165, 1.54) is 5.56 Å². The zero-order chi connectivity index (χ0) is 17.1. The molecular weight excluding hydrogens is 318 g/mol. The molecule has 2 aliphatic heterocycles. The number of aromatic nitrogens is 2. The van der Waals surface area contributed by atoms with Crippen LogP contribution in [0.1, 0.15) is 37.1 Å². The van der Waals surface area contributed by atoms with Crippen LogP contribution in [0.2, 0.25) is 0 Å². The highest BCUT2D eigenvalue weighted by molar-refractivity contribution is 5.54. The summed E-state index contributed by atoms with van der Waals surface area (Å²) in [4.78, 5) is 4.26. The molecule has 2 saturated heterocycles. The average Bonchev–Trinajstić information content (AvgIpc) is 3.08. The van der Waals surface area contributed by atoms with Crippen LogP contribution in [0, 0.1) is 6.92 Å². The third-order valence-corrected chi connectivity index (χ3v) is 5.23. The van der Waals surface area contributed by atoms with Crippen molar-refractivity contribution in [1.29, 1.82) is 0 Å². The maximum absolute atomic E-state index is 6.11. The molecule has 1 aromatic heterocycles. The second-order valence-corrected chi connectivity index (χ2v) is 7.05. The first kappa shape index (κ1) is 16.7. The third-order valence-electron chi connectivity index (χ3n) is 5.23. The summed E-state index contributed by atoms with van der Waals surface area (Å²) < 4.78 is 16.6. The second kappa shape index (κ2) is 7.23. The van der Waals surface area contributed by atoms with E-state index in [9.17, 15) is 0 Å². The molecule has 2 aliphatic rings. The van der Waals surface area contributed by atoms with Gasteiger partial charge < -0.3 is 19.3 Å². The standard InChI is InChI=1S/C19H25N3O3/c1-14-21-18(22-25-14)16-4-2-15(3-5-16)13-20-17-6-9-24-19(12-17)7-10-23-11-8-19/h2-5,17,20H,6-13H2,1H3/t17-/m1/s1. The van der Waals surface area contributed by atoms with Crippen LogP contribution >= 0.6 is 0 Å². The molecule has 0 unspecified atom stereocenters. The first-order valence-electron chi connectivity index (χ1n) is 9.07. The topological polar surface area (TPSA) is 69.4 Å². The van der Waals surface area contributed by atoms with Crippen molar-refractivity contribution >= 4 is 0 Å². The fourth-order valence-electron chi connectivity index (χ4n) is 3.74. The highest BCUT2D eigenvalue weighted by atomic mass is 16.5. The molecule has 2 aromatic rings. The molecule has 1 atom stereocenters. The summed E-state index contributed by atoms with van der Waals surface area (Å²) in [5, 5.41) is 7.66. The van der Waals surface area contributed by atoms with Crippen LogP contribution in [0.15, 0.2) is 28.8 Å². The number of hydrogen-bond acceptors (Lipinski definition) is 6. The van der Waals surface area contributed by atoms with Crippen molar-refractivity contribution in [3.05, 3.63) is 35.7 Å². The number of nitrogens with zero attached hydrogens (tertiary/aromatic N) is 2. The first-order chi connectivity index (χ1) is 12.2. The summed E-state index contributed by atoms with van der Waals surface area (Å²) in [5.74, 6) is 1.23. The van der Waals surface area contributed by atoms with Crippen LogP contribution in [0.25, 0.3) is 11.4 Å². The Morgan fingerprint density at radius 3 is 2.68 bits per heavy atom. The minimum atomic E-state index is 0.0362. The average molecular weight is 343 g/mol. The van der Waals surface area contributed by atoms with Gasteiger partial charge in [0.05, 0.1) is 5.60 Å².